The third kappa shape index (κ3) is 5.70. The number of amides is 1. The molecule has 0 saturated carbocycles. The monoisotopic (exact) mass is 620 g/mol. The van der Waals surface area contributed by atoms with Gasteiger partial charge in [-0.05, 0) is 81.4 Å². The van der Waals surface area contributed by atoms with Gasteiger partial charge in [-0.25, -0.2) is 18.1 Å². The van der Waals surface area contributed by atoms with Gasteiger partial charge in [-0.3, -0.25) is 4.79 Å². The second-order valence-electron chi connectivity index (χ2n) is 8.98. The van der Waals surface area contributed by atoms with E-state index in [1.165, 1.54) is 24.3 Å². The number of carbonyl (C=O) groups is 1. The molecule has 9 nitrogen and oxygen atoms in total. The predicted molar refractivity (Wildman–Crippen MR) is 157 cm³/mol. The first-order valence-corrected chi connectivity index (χ1v) is 14.6. The zero-order valence-electron chi connectivity index (χ0n) is 21.9. The van der Waals surface area contributed by atoms with Crippen molar-refractivity contribution in [2.24, 2.45) is 0 Å². The normalized spacial score (nSPS) is 11.4. The number of nitrogens with one attached hydrogen (secondary N) is 2. The van der Waals surface area contributed by atoms with Crippen LogP contribution in [0, 0.1) is 13.8 Å². The average molecular weight is 622 g/mol. The Balaban J connectivity index is 1.44. The van der Waals surface area contributed by atoms with E-state index in [2.05, 4.69) is 31.1 Å². The van der Waals surface area contributed by atoms with Crippen molar-refractivity contribution in [2.75, 3.05) is 16.6 Å². The molecule has 0 spiro atoms. The first-order chi connectivity index (χ1) is 19.1. The van der Waals surface area contributed by atoms with Crippen LogP contribution in [0.25, 0.3) is 22.2 Å². The molecule has 0 saturated heterocycles. The smallest absolute Gasteiger partial charge is 0.264 e. The molecular weight excluding hydrogens is 596 g/mol. The maximum Gasteiger partial charge on any atom is 0.264 e. The highest BCUT2D eigenvalue weighted by Crippen LogP contribution is 2.30. The molecule has 5 aromatic rings. The Labute approximate surface area is 239 Å². The molecule has 0 aliphatic carbocycles. The minimum atomic E-state index is -3.92. The minimum absolute atomic E-state index is 0.00806. The number of hydrogen-bond donors (Lipinski definition) is 2. The summed E-state index contributed by atoms with van der Waals surface area (Å²) >= 11 is 3.48. The van der Waals surface area contributed by atoms with Crippen molar-refractivity contribution < 1.29 is 22.5 Å². The van der Waals surface area contributed by atoms with Crippen LogP contribution in [-0.2, 0) is 10.0 Å². The topological polar surface area (TPSA) is 123 Å². The summed E-state index contributed by atoms with van der Waals surface area (Å²) in [6.07, 6.45) is 0. The fourth-order valence-corrected chi connectivity index (χ4v) is 5.46. The number of carbonyl (C=O) groups excluding carboxylic acids is 1. The highest BCUT2D eigenvalue weighted by atomic mass is 79.9. The summed E-state index contributed by atoms with van der Waals surface area (Å²) in [7, 11) is -3.92. The van der Waals surface area contributed by atoms with Crippen LogP contribution in [0.2, 0.25) is 0 Å². The quantitative estimate of drug-likeness (QED) is 0.197. The first-order valence-electron chi connectivity index (χ1n) is 12.4. The van der Waals surface area contributed by atoms with Gasteiger partial charge in [-0.15, -0.1) is 0 Å². The second kappa shape index (κ2) is 11.1. The molecule has 0 atom stereocenters. The Hall–Kier alpha value is -4.22. The summed E-state index contributed by atoms with van der Waals surface area (Å²) < 4.78 is 39.6. The number of sulfonamides is 1. The summed E-state index contributed by atoms with van der Waals surface area (Å²) in [6.45, 7) is 5.88. The Bertz CT molecular complexity index is 1840. The lowest BCUT2D eigenvalue weighted by molar-refractivity contribution is 0.102. The van der Waals surface area contributed by atoms with Crippen molar-refractivity contribution >= 4 is 54.3 Å². The third-order valence-corrected chi connectivity index (χ3v) is 8.10. The number of hydrogen-bond acceptors (Lipinski definition) is 7. The lowest BCUT2D eigenvalue weighted by Gasteiger charge is -2.12. The number of anilines is 2. The molecule has 2 aromatic heterocycles. The van der Waals surface area contributed by atoms with Gasteiger partial charge in [0.25, 0.3) is 15.9 Å². The zero-order chi connectivity index (χ0) is 28.4. The van der Waals surface area contributed by atoms with Crippen LogP contribution in [0.15, 0.2) is 86.7 Å². The van der Waals surface area contributed by atoms with Gasteiger partial charge in [0.15, 0.2) is 0 Å². The summed E-state index contributed by atoms with van der Waals surface area (Å²) in [5, 5.41) is 7.31. The van der Waals surface area contributed by atoms with Crippen LogP contribution < -0.4 is 14.8 Å². The molecule has 2 N–H and O–H groups in total. The molecule has 0 radical (unpaired) electrons. The summed E-state index contributed by atoms with van der Waals surface area (Å²) in [5.41, 5.74) is 4.12. The van der Waals surface area contributed by atoms with E-state index in [4.69, 9.17) is 14.2 Å². The Morgan fingerprint density at radius 2 is 1.80 bits per heavy atom. The Morgan fingerprint density at radius 1 is 1.02 bits per heavy atom. The van der Waals surface area contributed by atoms with Crippen molar-refractivity contribution in [2.45, 2.75) is 25.7 Å². The number of rotatable bonds is 8. The maximum absolute atomic E-state index is 13.5. The van der Waals surface area contributed by atoms with Crippen molar-refractivity contribution in [3.8, 4) is 17.0 Å². The summed E-state index contributed by atoms with van der Waals surface area (Å²) in [6, 6.07) is 20.7. The van der Waals surface area contributed by atoms with Crippen molar-refractivity contribution in [1.29, 1.82) is 0 Å². The number of aromatic nitrogens is 2. The number of pyridine rings is 1. The zero-order valence-corrected chi connectivity index (χ0v) is 24.3. The molecule has 40 heavy (non-hydrogen) atoms. The van der Waals surface area contributed by atoms with E-state index in [0.29, 0.717) is 51.5 Å². The lowest BCUT2D eigenvalue weighted by atomic mass is 10.0. The van der Waals surface area contributed by atoms with Crippen LogP contribution in [0.5, 0.6) is 5.75 Å². The van der Waals surface area contributed by atoms with Gasteiger partial charge in [0.05, 0.1) is 34.0 Å². The van der Waals surface area contributed by atoms with Crippen molar-refractivity contribution in [3.63, 3.8) is 0 Å². The largest absolute Gasteiger partial charge is 0.494 e. The van der Waals surface area contributed by atoms with E-state index in [1.807, 2.05) is 49.4 Å². The molecule has 3 aromatic carbocycles. The van der Waals surface area contributed by atoms with E-state index >= 15 is 0 Å². The highest BCUT2D eigenvalue weighted by molar-refractivity contribution is 9.10. The van der Waals surface area contributed by atoms with Gasteiger partial charge in [-0.1, -0.05) is 33.2 Å². The molecule has 11 heteroatoms. The minimum Gasteiger partial charge on any atom is -0.494 e. The summed E-state index contributed by atoms with van der Waals surface area (Å²) in [4.78, 5) is 18.3. The predicted octanol–water partition coefficient (Wildman–Crippen LogP) is 6.72. The summed E-state index contributed by atoms with van der Waals surface area (Å²) in [5.74, 6) is 0.407. The third-order valence-electron chi connectivity index (χ3n) is 6.26. The fraction of sp³-hybridized carbons (Fsp3) is 0.138. The number of nitrogens with zero attached hydrogens (tertiary/aromatic N) is 2. The standard InChI is InChI=1S/C29H25BrN4O5S/c1-4-38-22-7-5-6-19(14-22)27-16-25(24-15-20(30)8-13-26(24)32-27)28(35)31-21-9-11-23(12-10-21)40(36,37)34-29-17(2)18(3)33-39-29/h5-16,34H,4H2,1-3H3,(H,31,35). The number of aryl methyl sites for hydroxylation is 1. The van der Waals surface area contributed by atoms with E-state index < -0.39 is 10.0 Å². The molecule has 0 bridgehead atoms. The average Bonchev–Trinajstić information content (AvgIpc) is 3.24. The maximum atomic E-state index is 13.5. The SMILES string of the molecule is CCOc1cccc(-c2cc(C(=O)Nc3ccc(S(=O)(=O)Nc4onc(C)c4C)cc3)c3cc(Br)ccc3n2)c1. The van der Waals surface area contributed by atoms with E-state index in [1.54, 1.807) is 19.9 Å². The number of halogens is 1. The van der Waals surface area contributed by atoms with Crippen LogP contribution in [0.3, 0.4) is 0 Å². The van der Waals surface area contributed by atoms with Crippen LogP contribution in [0.1, 0.15) is 28.5 Å². The van der Waals surface area contributed by atoms with E-state index in [-0.39, 0.29) is 16.7 Å². The number of benzene rings is 3. The number of fused-ring (bicyclic) bond motifs is 1. The molecule has 5 rings (SSSR count). The van der Waals surface area contributed by atoms with Gasteiger partial charge in [0, 0.05) is 26.7 Å². The van der Waals surface area contributed by atoms with E-state index in [9.17, 15) is 13.2 Å². The molecule has 2 heterocycles. The van der Waals surface area contributed by atoms with Gasteiger partial charge < -0.3 is 14.6 Å². The molecule has 0 aliphatic rings. The molecule has 204 valence electrons. The van der Waals surface area contributed by atoms with Crippen LogP contribution in [-0.4, -0.2) is 31.1 Å². The molecular formula is C29H25BrN4O5S. The molecule has 0 unspecified atom stereocenters. The fourth-order valence-electron chi connectivity index (χ4n) is 4.05. The van der Waals surface area contributed by atoms with Gasteiger partial charge in [0.1, 0.15) is 5.75 Å². The van der Waals surface area contributed by atoms with E-state index in [0.717, 1.165) is 10.0 Å². The van der Waals surface area contributed by atoms with Crippen molar-refractivity contribution in [3.05, 3.63) is 94.1 Å². The lowest BCUT2D eigenvalue weighted by Crippen LogP contribution is -2.15. The van der Waals surface area contributed by atoms with Gasteiger partial charge in [0.2, 0.25) is 5.88 Å². The van der Waals surface area contributed by atoms with Crippen molar-refractivity contribution in [1.82, 2.24) is 10.1 Å². The van der Waals surface area contributed by atoms with Gasteiger partial charge >= 0.3 is 0 Å². The second-order valence-corrected chi connectivity index (χ2v) is 11.6. The Kier molecular flexibility index (Phi) is 7.59. The number of ether oxygens (including phenoxy) is 1. The van der Waals surface area contributed by atoms with Crippen LogP contribution >= 0.6 is 15.9 Å². The first kappa shape index (κ1) is 27.4. The molecule has 1 amide bonds. The molecule has 0 fully saturated rings. The highest BCUT2D eigenvalue weighted by Gasteiger charge is 2.20. The van der Waals surface area contributed by atoms with Crippen LogP contribution in [0.4, 0.5) is 11.6 Å². The Morgan fingerprint density at radius 3 is 2.50 bits per heavy atom. The molecule has 0 aliphatic heterocycles. The van der Waals surface area contributed by atoms with Gasteiger partial charge in [-0.2, -0.15) is 0 Å².